The predicted octanol–water partition coefficient (Wildman–Crippen LogP) is 4.88. The quantitative estimate of drug-likeness (QED) is 0.374. The number of hydrogen-bond acceptors (Lipinski definition) is 5. The summed E-state index contributed by atoms with van der Waals surface area (Å²) < 4.78 is 17.0. The normalized spacial score (nSPS) is 11.3. The van der Waals surface area contributed by atoms with E-state index in [1.807, 2.05) is 47.9 Å². The van der Waals surface area contributed by atoms with E-state index in [0.29, 0.717) is 21.5 Å². The number of amides is 1. The fourth-order valence-electron chi connectivity index (χ4n) is 3.30. The van der Waals surface area contributed by atoms with Crippen molar-refractivity contribution in [3.8, 4) is 11.3 Å². The fraction of sp³-hybridized carbons (Fsp3) is 0.0909. The van der Waals surface area contributed by atoms with Crippen LogP contribution in [0.3, 0.4) is 0 Å². The summed E-state index contributed by atoms with van der Waals surface area (Å²) in [6.45, 7) is 1.81. The van der Waals surface area contributed by atoms with Crippen LogP contribution in [0.2, 0.25) is 5.02 Å². The number of rotatable bonds is 5. The highest BCUT2D eigenvalue weighted by Crippen LogP contribution is 2.25. The van der Waals surface area contributed by atoms with E-state index in [1.165, 1.54) is 23.9 Å². The summed E-state index contributed by atoms with van der Waals surface area (Å²) in [6, 6.07) is 13.7. The smallest absolute Gasteiger partial charge is 0.234 e. The summed E-state index contributed by atoms with van der Waals surface area (Å²) in [6.07, 6.45) is 3.61. The van der Waals surface area contributed by atoms with Crippen molar-refractivity contribution in [1.82, 2.24) is 24.2 Å². The highest BCUT2D eigenvalue weighted by atomic mass is 35.5. The number of aryl methyl sites for hydroxylation is 1. The molecular formula is C22H16ClFN6OS. The number of anilines is 1. The standard InChI is InChI=1S/C22H16ClFN6OS/c1-13-2-7-16(24)10-17(13)25-20(31)12-32-22-27-26-21-19-11-18(14-3-5-15(23)6-4-14)28-30(19)9-8-29(21)22/h2-11H,12H2,1H3,(H,25,31). The Hall–Kier alpha value is -3.43. The van der Waals surface area contributed by atoms with Crippen LogP contribution in [-0.4, -0.2) is 35.9 Å². The number of aromatic nitrogens is 5. The van der Waals surface area contributed by atoms with Crippen molar-refractivity contribution in [2.24, 2.45) is 0 Å². The lowest BCUT2D eigenvalue weighted by Gasteiger charge is -2.08. The molecule has 3 heterocycles. The van der Waals surface area contributed by atoms with Gasteiger partial charge >= 0.3 is 0 Å². The average molecular weight is 467 g/mol. The van der Waals surface area contributed by atoms with Gasteiger partial charge in [-0.25, -0.2) is 8.91 Å². The number of halogens is 2. The molecule has 0 aliphatic carbocycles. The minimum absolute atomic E-state index is 0.108. The molecular weight excluding hydrogens is 451 g/mol. The van der Waals surface area contributed by atoms with Gasteiger partial charge in [-0.3, -0.25) is 9.20 Å². The molecule has 10 heteroatoms. The first-order chi connectivity index (χ1) is 15.5. The Kier molecular flexibility index (Phi) is 5.28. The fourth-order valence-corrected chi connectivity index (χ4v) is 4.14. The van der Waals surface area contributed by atoms with Gasteiger partial charge in [0.05, 0.1) is 11.4 Å². The monoisotopic (exact) mass is 466 g/mol. The average Bonchev–Trinajstić information content (AvgIpc) is 3.39. The van der Waals surface area contributed by atoms with E-state index in [0.717, 1.165) is 22.3 Å². The highest BCUT2D eigenvalue weighted by Gasteiger charge is 2.14. The minimum Gasteiger partial charge on any atom is -0.325 e. The Morgan fingerprint density at radius 3 is 2.75 bits per heavy atom. The van der Waals surface area contributed by atoms with Gasteiger partial charge in [0.1, 0.15) is 11.3 Å². The minimum atomic E-state index is -0.398. The molecule has 0 radical (unpaired) electrons. The van der Waals surface area contributed by atoms with Gasteiger partial charge in [-0.1, -0.05) is 41.6 Å². The maximum atomic E-state index is 13.4. The van der Waals surface area contributed by atoms with Crippen LogP contribution in [-0.2, 0) is 4.79 Å². The molecule has 0 fully saturated rings. The lowest BCUT2D eigenvalue weighted by Crippen LogP contribution is -2.15. The second-order valence-electron chi connectivity index (χ2n) is 7.14. The predicted molar refractivity (Wildman–Crippen MR) is 123 cm³/mol. The molecule has 0 spiro atoms. The number of nitrogens with one attached hydrogen (secondary N) is 1. The van der Waals surface area contributed by atoms with Crippen molar-refractivity contribution in [2.45, 2.75) is 12.1 Å². The van der Waals surface area contributed by atoms with Gasteiger partial charge in [0, 0.05) is 28.7 Å². The molecule has 1 N–H and O–H groups in total. The van der Waals surface area contributed by atoms with Crippen LogP contribution in [0.25, 0.3) is 22.4 Å². The molecule has 160 valence electrons. The van der Waals surface area contributed by atoms with Crippen LogP contribution < -0.4 is 5.32 Å². The Morgan fingerprint density at radius 1 is 1.12 bits per heavy atom. The second kappa shape index (κ2) is 8.25. The lowest BCUT2D eigenvalue weighted by atomic mass is 10.1. The third kappa shape index (κ3) is 3.92. The Morgan fingerprint density at radius 2 is 1.94 bits per heavy atom. The van der Waals surface area contributed by atoms with E-state index in [4.69, 9.17) is 11.6 Å². The molecule has 0 saturated heterocycles. The summed E-state index contributed by atoms with van der Waals surface area (Å²) in [5.41, 5.74) is 4.39. The number of nitrogens with zero attached hydrogens (tertiary/aromatic N) is 5. The number of fused-ring (bicyclic) bond motifs is 3. The van der Waals surface area contributed by atoms with Gasteiger partial charge in [0.25, 0.3) is 0 Å². The van der Waals surface area contributed by atoms with E-state index in [9.17, 15) is 9.18 Å². The number of benzene rings is 2. The second-order valence-corrected chi connectivity index (χ2v) is 8.52. The number of carbonyl (C=O) groups is 1. The molecule has 0 atom stereocenters. The Labute approximate surface area is 191 Å². The van der Waals surface area contributed by atoms with Crippen molar-refractivity contribution < 1.29 is 9.18 Å². The maximum Gasteiger partial charge on any atom is 0.234 e. The van der Waals surface area contributed by atoms with E-state index in [1.54, 1.807) is 16.8 Å². The first-order valence-electron chi connectivity index (χ1n) is 9.66. The molecule has 0 aliphatic heterocycles. The number of carbonyl (C=O) groups excluding carboxylic acids is 1. The molecule has 0 saturated carbocycles. The molecule has 32 heavy (non-hydrogen) atoms. The van der Waals surface area contributed by atoms with Gasteiger partial charge < -0.3 is 5.32 Å². The zero-order valence-corrected chi connectivity index (χ0v) is 18.4. The molecule has 0 aliphatic rings. The third-order valence-corrected chi connectivity index (χ3v) is 6.13. The summed E-state index contributed by atoms with van der Waals surface area (Å²) >= 11 is 7.22. The van der Waals surface area contributed by atoms with Crippen LogP contribution in [0.15, 0.2) is 66.1 Å². The summed E-state index contributed by atoms with van der Waals surface area (Å²) in [5.74, 6) is -0.544. The van der Waals surface area contributed by atoms with Crippen molar-refractivity contribution in [3.05, 3.63) is 77.3 Å². The van der Waals surface area contributed by atoms with Gasteiger partial charge in [-0.05, 0) is 42.8 Å². The van der Waals surface area contributed by atoms with E-state index in [2.05, 4.69) is 20.6 Å². The molecule has 0 bridgehead atoms. The Balaban J connectivity index is 1.37. The van der Waals surface area contributed by atoms with Crippen molar-refractivity contribution in [3.63, 3.8) is 0 Å². The number of hydrogen-bond donors (Lipinski definition) is 1. The lowest BCUT2D eigenvalue weighted by molar-refractivity contribution is -0.113. The van der Waals surface area contributed by atoms with E-state index in [-0.39, 0.29) is 11.7 Å². The number of thioether (sulfide) groups is 1. The van der Waals surface area contributed by atoms with Crippen LogP contribution in [0.5, 0.6) is 0 Å². The SMILES string of the molecule is Cc1ccc(F)cc1NC(=O)CSc1nnc2c3cc(-c4ccc(Cl)cc4)nn3ccn12. The van der Waals surface area contributed by atoms with Gasteiger partial charge in [0.15, 0.2) is 10.8 Å². The van der Waals surface area contributed by atoms with Crippen LogP contribution >= 0.6 is 23.4 Å². The molecule has 5 aromatic rings. The summed E-state index contributed by atoms with van der Waals surface area (Å²) in [4.78, 5) is 12.4. The van der Waals surface area contributed by atoms with Crippen molar-refractivity contribution in [2.75, 3.05) is 11.1 Å². The molecule has 7 nitrogen and oxygen atoms in total. The third-order valence-electron chi connectivity index (χ3n) is 4.93. The van der Waals surface area contributed by atoms with Gasteiger partial charge in [-0.15, -0.1) is 10.2 Å². The van der Waals surface area contributed by atoms with Crippen LogP contribution in [0.4, 0.5) is 10.1 Å². The van der Waals surface area contributed by atoms with Crippen molar-refractivity contribution >= 4 is 46.1 Å². The molecule has 2 aromatic carbocycles. The summed E-state index contributed by atoms with van der Waals surface area (Å²) in [5, 5.41) is 17.1. The topological polar surface area (TPSA) is 76.6 Å². The molecule has 0 unspecified atom stereocenters. The van der Waals surface area contributed by atoms with Crippen LogP contribution in [0, 0.1) is 12.7 Å². The Bertz CT molecular complexity index is 1460. The first kappa shape index (κ1) is 20.5. The van der Waals surface area contributed by atoms with Crippen molar-refractivity contribution in [1.29, 1.82) is 0 Å². The van der Waals surface area contributed by atoms with Gasteiger partial charge in [-0.2, -0.15) is 5.10 Å². The molecule has 3 aromatic heterocycles. The zero-order chi connectivity index (χ0) is 22.2. The van der Waals surface area contributed by atoms with E-state index < -0.39 is 5.82 Å². The summed E-state index contributed by atoms with van der Waals surface area (Å²) in [7, 11) is 0. The largest absolute Gasteiger partial charge is 0.325 e. The van der Waals surface area contributed by atoms with Gasteiger partial charge in [0.2, 0.25) is 5.91 Å². The first-order valence-corrected chi connectivity index (χ1v) is 11.0. The highest BCUT2D eigenvalue weighted by molar-refractivity contribution is 7.99. The van der Waals surface area contributed by atoms with Crippen LogP contribution in [0.1, 0.15) is 5.56 Å². The van der Waals surface area contributed by atoms with E-state index >= 15 is 0 Å². The zero-order valence-electron chi connectivity index (χ0n) is 16.8. The molecule has 5 rings (SSSR count). The molecule has 1 amide bonds. The maximum absolute atomic E-state index is 13.4.